The summed E-state index contributed by atoms with van der Waals surface area (Å²) in [6.45, 7) is 4.22. The number of amides is 1. The molecule has 0 saturated carbocycles. The number of hydrogen-bond donors (Lipinski definition) is 3. The maximum Gasteiger partial charge on any atom is 0.257 e. The van der Waals surface area contributed by atoms with E-state index in [9.17, 15) is 4.79 Å². The molecule has 0 aliphatic rings. The lowest BCUT2D eigenvalue weighted by Crippen LogP contribution is -2.17. The average molecular weight is 270 g/mol. The predicted molar refractivity (Wildman–Crippen MR) is 80.5 cm³/mol. The minimum absolute atomic E-state index is 0.221. The fraction of sp³-hybridized carbons (Fsp3) is 0.200. The first-order valence-corrected chi connectivity index (χ1v) is 6.43. The summed E-state index contributed by atoms with van der Waals surface area (Å²) >= 11 is 0. The Morgan fingerprint density at radius 3 is 2.80 bits per heavy atom. The Labute approximate surface area is 118 Å². The molecule has 4 N–H and O–H groups in total. The smallest absolute Gasteiger partial charge is 0.257 e. The van der Waals surface area contributed by atoms with Crippen LogP contribution in [-0.2, 0) is 0 Å². The number of nitrogens with one attached hydrogen (secondary N) is 2. The monoisotopic (exact) mass is 270 g/mol. The molecule has 5 heteroatoms. The van der Waals surface area contributed by atoms with Crippen LogP contribution in [0.2, 0.25) is 0 Å². The number of anilines is 2. The van der Waals surface area contributed by atoms with Crippen LogP contribution in [0.4, 0.5) is 11.4 Å². The van der Waals surface area contributed by atoms with Crippen molar-refractivity contribution in [1.29, 1.82) is 0 Å². The molecular formula is C15H18N4O. The Kier molecular flexibility index (Phi) is 4.32. The van der Waals surface area contributed by atoms with E-state index in [-0.39, 0.29) is 5.91 Å². The van der Waals surface area contributed by atoms with Crippen LogP contribution in [0.5, 0.6) is 0 Å². The highest BCUT2D eigenvalue weighted by Gasteiger charge is 2.11. The van der Waals surface area contributed by atoms with E-state index in [0.29, 0.717) is 17.2 Å². The number of benzene rings is 1. The molecule has 0 radical (unpaired) electrons. The van der Waals surface area contributed by atoms with Gasteiger partial charge in [0.2, 0.25) is 0 Å². The molecule has 1 amide bonds. The van der Waals surface area contributed by atoms with Crippen LogP contribution < -0.4 is 16.6 Å². The molecule has 20 heavy (non-hydrogen) atoms. The van der Waals surface area contributed by atoms with Crippen LogP contribution in [0, 0.1) is 0 Å². The van der Waals surface area contributed by atoms with Crippen LogP contribution in [0.15, 0.2) is 42.7 Å². The molecule has 0 fully saturated rings. The molecule has 0 spiro atoms. The first-order valence-electron chi connectivity index (χ1n) is 6.43. The number of pyridine rings is 1. The van der Waals surface area contributed by atoms with Gasteiger partial charge in [0.05, 0.1) is 17.4 Å². The standard InChI is InChI=1S/C15H18N4O/c1-10(2)11-4-3-5-12(8-11)18-15(20)13-6-7-17-9-14(13)19-16/h3-10,19H,16H2,1-2H3,(H,18,20). The minimum Gasteiger partial charge on any atom is -0.322 e. The van der Waals surface area contributed by atoms with Crippen molar-refractivity contribution in [2.24, 2.45) is 5.84 Å². The normalized spacial score (nSPS) is 10.4. The lowest BCUT2D eigenvalue weighted by Gasteiger charge is -2.11. The third-order valence-corrected chi connectivity index (χ3v) is 3.03. The van der Waals surface area contributed by atoms with Crippen LogP contribution in [0.3, 0.4) is 0 Å². The fourth-order valence-electron chi connectivity index (χ4n) is 1.88. The van der Waals surface area contributed by atoms with Gasteiger partial charge in [-0.15, -0.1) is 0 Å². The topological polar surface area (TPSA) is 80.0 Å². The highest BCUT2D eigenvalue weighted by molar-refractivity contribution is 6.07. The molecule has 0 aliphatic carbocycles. The van der Waals surface area contributed by atoms with E-state index in [1.54, 1.807) is 12.3 Å². The van der Waals surface area contributed by atoms with Gasteiger partial charge in [0.1, 0.15) is 0 Å². The van der Waals surface area contributed by atoms with Gasteiger partial charge in [-0.05, 0) is 29.7 Å². The van der Waals surface area contributed by atoms with E-state index >= 15 is 0 Å². The Morgan fingerprint density at radius 2 is 2.10 bits per heavy atom. The molecule has 2 rings (SSSR count). The lowest BCUT2D eigenvalue weighted by molar-refractivity contribution is 0.102. The van der Waals surface area contributed by atoms with Crippen LogP contribution >= 0.6 is 0 Å². The Balaban J connectivity index is 2.21. The SMILES string of the molecule is CC(C)c1cccc(NC(=O)c2ccncc2NN)c1. The summed E-state index contributed by atoms with van der Waals surface area (Å²) in [5, 5.41) is 2.87. The number of nitrogens with zero attached hydrogens (tertiary/aromatic N) is 1. The van der Waals surface area contributed by atoms with Crippen LogP contribution in [0.25, 0.3) is 0 Å². The summed E-state index contributed by atoms with van der Waals surface area (Å²) in [4.78, 5) is 16.2. The van der Waals surface area contributed by atoms with Gasteiger partial charge in [0, 0.05) is 11.9 Å². The van der Waals surface area contributed by atoms with Crippen LogP contribution in [0.1, 0.15) is 35.7 Å². The summed E-state index contributed by atoms with van der Waals surface area (Å²) in [7, 11) is 0. The van der Waals surface area contributed by atoms with E-state index in [2.05, 4.69) is 29.6 Å². The van der Waals surface area contributed by atoms with Crippen molar-refractivity contribution < 1.29 is 4.79 Å². The molecule has 1 aromatic heterocycles. The number of nitrogens with two attached hydrogens (primary N) is 1. The predicted octanol–water partition coefficient (Wildman–Crippen LogP) is 2.74. The first kappa shape index (κ1) is 14.0. The molecule has 1 heterocycles. The molecule has 0 atom stereocenters. The molecule has 0 aliphatic heterocycles. The maximum atomic E-state index is 12.2. The summed E-state index contributed by atoms with van der Waals surface area (Å²) < 4.78 is 0. The largest absolute Gasteiger partial charge is 0.322 e. The van der Waals surface area contributed by atoms with Gasteiger partial charge < -0.3 is 10.7 Å². The number of hydrogen-bond acceptors (Lipinski definition) is 4. The van der Waals surface area contributed by atoms with Gasteiger partial charge >= 0.3 is 0 Å². The van der Waals surface area contributed by atoms with Crippen molar-refractivity contribution in [2.75, 3.05) is 10.7 Å². The number of rotatable bonds is 4. The number of carbonyl (C=O) groups excluding carboxylic acids is 1. The zero-order valence-electron chi connectivity index (χ0n) is 11.6. The van der Waals surface area contributed by atoms with Crippen molar-refractivity contribution in [1.82, 2.24) is 4.98 Å². The first-order chi connectivity index (χ1) is 9.61. The Bertz CT molecular complexity index is 610. The van der Waals surface area contributed by atoms with Gasteiger partial charge in [0.15, 0.2) is 0 Å². The van der Waals surface area contributed by atoms with Gasteiger partial charge in [-0.2, -0.15) is 0 Å². The zero-order valence-corrected chi connectivity index (χ0v) is 11.6. The van der Waals surface area contributed by atoms with E-state index in [1.807, 2.05) is 24.3 Å². The van der Waals surface area contributed by atoms with Gasteiger partial charge in [-0.1, -0.05) is 26.0 Å². The molecule has 5 nitrogen and oxygen atoms in total. The second-order valence-corrected chi connectivity index (χ2v) is 4.80. The highest BCUT2D eigenvalue weighted by atomic mass is 16.1. The van der Waals surface area contributed by atoms with Gasteiger partial charge in [-0.25, -0.2) is 0 Å². The number of carbonyl (C=O) groups is 1. The number of nitrogen functional groups attached to an aromatic ring is 1. The third-order valence-electron chi connectivity index (χ3n) is 3.03. The summed E-state index contributed by atoms with van der Waals surface area (Å²) in [5.41, 5.74) is 5.36. The van der Waals surface area contributed by atoms with Crippen LogP contribution in [-0.4, -0.2) is 10.9 Å². The third kappa shape index (κ3) is 3.13. The lowest BCUT2D eigenvalue weighted by atomic mass is 10.0. The average Bonchev–Trinajstić information content (AvgIpc) is 2.47. The number of hydrazine groups is 1. The van der Waals surface area contributed by atoms with Gasteiger partial charge in [0.25, 0.3) is 5.91 Å². The summed E-state index contributed by atoms with van der Waals surface area (Å²) in [6, 6.07) is 9.43. The Hall–Kier alpha value is -2.40. The van der Waals surface area contributed by atoms with Crippen molar-refractivity contribution in [3.63, 3.8) is 0 Å². The van der Waals surface area contributed by atoms with E-state index < -0.39 is 0 Å². The molecule has 104 valence electrons. The highest BCUT2D eigenvalue weighted by Crippen LogP contribution is 2.20. The van der Waals surface area contributed by atoms with E-state index in [0.717, 1.165) is 5.69 Å². The van der Waals surface area contributed by atoms with Crippen molar-refractivity contribution >= 4 is 17.3 Å². The summed E-state index contributed by atoms with van der Waals surface area (Å²) in [5.74, 6) is 5.57. The Morgan fingerprint density at radius 1 is 1.30 bits per heavy atom. The second-order valence-electron chi connectivity index (χ2n) is 4.80. The molecule has 0 bridgehead atoms. The fourth-order valence-corrected chi connectivity index (χ4v) is 1.88. The minimum atomic E-state index is -0.221. The summed E-state index contributed by atoms with van der Waals surface area (Å²) in [6.07, 6.45) is 3.07. The van der Waals surface area contributed by atoms with E-state index in [4.69, 9.17) is 5.84 Å². The number of aromatic nitrogens is 1. The van der Waals surface area contributed by atoms with E-state index in [1.165, 1.54) is 11.8 Å². The van der Waals surface area contributed by atoms with Gasteiger partial charge in [-0.3, -0.25) is 15.6 Å². The molecule has 0 unspecified atom stereocenters. The van der Waals surface area contributed by atoms with Crippen molar-refractivity contribution in [3.8, 4) is 0 Å². The second kappa shape index (κ2) is 6.16. The maximum absolute atomic E-state index is 12.2. The zero-order chi connectivity index (χ0) is 14.5. The van der Waals surface area contributed by atoms with Crippen molar-refractivity contribution in [3.05, 3.63) is 53.9 Å². The molecular weight excluding hydrogens is 252 g/mol. The molecule has 2 aromatic rings. The molecule has 1 aromatic carbocycles. The quantitative estimate of drug-likeness (QED) is 0.589. The van der Waals surface area contributed by atoms with Crippen molar-refractivity contribution in [2.45, 2.75) is 19.8 Å². The molecule has 0 saturated heterocycles.